The Morgan fingerprint density at radius 2 is 1.78 bits per heavy atom. The first-order valence-corrected chi connectivity index (χ1v) is 9.95. The molecule has 0 saturated carbocycles. The average molecular weight is 430 g/mol. The van der Waals surface area contributed by atoms with Gasteiger partial charge in [0.25, 0.3) is 0 Å². The summed E-state index contributed by atoms with van der Waals surface area (Å²) >= 11 is 0. The molecule has 0 radical (unpaired) electrons. The lowest BCUT2D eigenvalue weighted by molar-refractivity contribution is 0.0600. The number of nitrogens with zero attached hydrogens (tertiary/aromatic N) is 1. The molecule has 0 aliphatic rings. The number of hydrogen-bond acceptors (Lipinski definition) is 6. The summed E-state index contributed by atoms with van der Waals surface area (Å²) < 4.78 is 16.4. The maximum atomic E-state index is 11.6. The first-order valence-electron chi connectivity index (χ1n) is 9.95. The minimum absolute atomic E-state index is 0.0300. The van der Waals surface area contributed by atoms with Gasteiger partial charge in [-0.1, -0.05) is 24.3 Å². The van der Waals surface area contributed by atoms with Gasteiger partial charge in [0.2, 0.25) is 0 Å². The maximum Gasteiger partial charge on any atom is 0.337 e. The van der Waals surface area contributed by atoms with Crippen molar-refractivity contribution in [3.63, 3.8) is 0 Å². The molecule has 2 N–H and O–H groups in total. The summed E-state index contributed by atoms with van der Waals surface area (Å²) in [5.41, 5.74) is 3.69. The van der Waals surface area contributed by atoms with Gasteiger partial charge < -0.3 is 19.3 Å². The van der Waals surface area contributed by atoms with Crippen LogP contribution in [0.3, 0.4) is 0 Å². The number of nitrogens with one attached hydrogen (secondary N) is 1. The second-order valence-electron chi connectivity index (χ2n) is 7.12. The number of carbonyl (C=O) groups excluding carboxylic acids is 1. The second kappa shape index (κ2) is 9.26. The number of benzene rings is 3. The van der Waals surface area contributed by atoms with E-state index >= 15 is 0 Å². The Bertz CT molecular complexity index is 1230. The third kappa shape index (κ3) is 4.57. The van der Waals surface area contributed by atoms with Gasteiger partial charge in [-0.05, 0) is 54.4 Å². The highest BCUT2D eigenvalue weighted by atomic mass is 16.5. The highest BCUT2D eigenvalue weighted by Crippen LogP contribution is 2.38. The van der Waals surface area contributed by atoms with Crippen molar-refractivity contribution in [3.8, 4) is 34.3 Å². The van der Waals surface area contributed by atoms with Crippen LogP contribution in [0.15, 0.2) is 72.9 Å². The molecule has 0 bridgehead atoms. The Hall–Kier alpha value is -4.26. The van der Waals surface area contributed by atoms with Gasteiger partial charge in [-0.3, -0.25) is 5.10 Å². The van der Waals surface area contributed by atoms with Crippen molar-refractivity contribution >= 4 is 5.97 Å². The molecule has 32 heavy (non-hydrogen) atoms. The fraction of sp³-hybridized carbons (Fsp3) is 0.120. The smallest absolute Gasteiger partial charge is 0.337 e. The van der Waals surface area contributed by atoms with Crippen LogP contribution in [0, 0.1) is 6.92 Å². The summed E-state index contributed by atoms with van der Waals surface area (Å²) in [5, 5.41) is 17.5. The predicted molar refractivity (Wildman–Crippen MR) is 119 cm³/mol. The number of hydrogen-bond donors (Lipinski definition) is 2. The van der Waals surface area contributed by atoms with E-state index < -0.39 is 5.97 Å². The largest absolute Gasteiger partial charge is 0.507 e. The van der Waals surface area contributed by atoms with Crippen LogP contribution in [0.5, 0.6) is 23.0 Å². The number of aromatic nitrogens is 2. The van der Waals surface area contributed by atoms with Gasteiger partial charge in [-0.2, -0.15) is 5.10 Å². The minimum Gasteiger partial charge on any atom is -0.507 e. The van der Waals surface area contributed by atoms with E-state index in [9.17, 15) is 9.90 Å². The van der Waals surface area contributed by atoms with Gasteiger partial charge >= 0.3 is 5.97 Å². The van der Waals surface area contributed by atoms with E-state index in [1.807, 2.05) is 31.2 Å². The van der Waals surface area contributed by atoms with Gasteiger partial charge in [0.15, 0.2) is 5.75 Å². The van der Waals surface area contributed by atoms with Crippen LogP contribution in [0.1, 0.15) is 21.5 Å². The number of methoxy groups -OCH3 is 1. The molecule has 7 nitrogen and oxygen atoms in total. The summed E-state index contributed by atoms with van der Waals surface area (Å²) in [6.45, 7) is 2.44. The van der Waals surface area contributed by atoms with Crippen molar-refractivity contribution in [1.29, 1.82) is 0 Å². The van der Waals surface area contributed by atoms with Crippen molar-refractivity contribution in [2.45, 2.75) is 13.5 Å². The number of phenols is 1. The molecule has 0 aliphatic carbocycles. The molecule has 0 atom stereocenters. The van der Waals surface area contributed by atoms with Crippen LogP contribution in [0.4, 0.5) is 0 Å². The molecule has 162 valence electrons. The molecular weight excluding hydrogens is 408 g/mol. The van der Waals surface area contributed by atoms with Crippen LogP contribution in [-0.2, 0) is 11.3 Å². The minimum atomic E-state index is -0.421. The van der Waals surface area contributed by atoms with E-state index in [0.717, 1.165) is 11.1 Å². The van der Waals surface area contributed by atoms with Crippen molar-refractivity contribution in [3.05, 3.63) is 89.6 Å². The third-order valence-electron chi connectivity index (χ3n) is 5.00. The van der Waals surface area contributed by atoms with Gasteiger partial charge in [-0.25, -0.2) is 4.79 Å². The normalized spacial score (nSPS) is 10.6. The van der Waals surface area contributed by atoms with E-state index in [2.05, 4.69) is 10.2 Å². The Morgan fingerprint density at radius 1 is 1.03 bits per heavy atom. The van der Waals surface area contributed by atoms with Crippen LogP contribution >= 0.6 is 0 Å². The number of phenolic OH excluding ortho intramolecular Hbond substituents is 1. The zero-order valence-corrected chi connectivity index (χ0v) is 17.7. The molecule has 1 aromatic heterocycles. The van der Waals surface area contributed by atoms with Crippen LogP contribution in [0.25, 0.3) is 11.3 Å². The monoisotopic (exact) mass is 430 g/mol. The van der Waals surface area contributed by atoms with Gasteiger partial charge in [0.05, 0.1) is 18.9 Å². The average Bonchev–Trinajstić information content (AvgIpc) is 3.26. The molecule has 0 unspecified atom stereocenters. The Morgan fingerprint density at radius 3 is 2.50 bits per heavy atom. The van der Waals surface area contributed by atoms with Crippen LogP contribution in [0.2, 0.25) is 0 Å². The van der Waals surface area contributed by atoms with Crippen molar-refractivity contribution in [2.24, 2.45) is 0 Å². The summed E-state index contributed by atoms with van der Waals surface area (Å²) in [5.74, 6) is 1.10. The fourth-order valence-corrected chi connectivity index (χ4v) is 3.20. The molecule has 0 spiro atoms. The Kier molecular flexibility index (Phi) is 6.07. The Labute approximate surface area is 185 Å². The second-order valence-corrected chi connectivity index (χ2v) is 7.12. The van der Waals surface area contributed by atoms with Crippen molar-refractivity contribution in [1.82, 2.24) is 10.2 Å². The number of aryl methyl sites for hydroxylation is 1. The first-order chi connectivity index (χ1) is 15.5. The fourth-order valence-electron chi connectivity index (χ4n) is 3.20. The molecule has 0 amide bonds. The molecule has 7 heteroatoms. The van der Waals surface area contributed by atoms with Crippen molar-refractivity contribution < 1.29 is 24.1 Å². The lowest BCUT2D eigenvalue weighted by atomic mass is 10.1. The molecule has 1 heterocycles. The summed E-state index contributed by atoms with van der Waals surface area (Å²) in [7, 11) is 1.33. The van der Waals surface area contributed by atoms with Crippen molar-refractivity contribution in [2.75, 3.05) is 7.11 Å². The molecule has 0 saturated heterocycles. The van der Waals surface area contributed by atoms with E-state index in [1.165, 1.54) is 13.3 Å². The topological polar surface area (TPSA) is 93.7 Å². The van der Waals surface area contributed by atoms with Gasteiger partial charge in [0.1, 0.15) is 29.5 Å². The molecule has 0 aliphatic heterocycles. The third-order valence-corrected chi connectivity index (χ3v) is 5.00. The number of rotatable bonds is 7. The quantitative estimate of drug-likeness (QED) is 0.389. The number of ether oxygens (including phenoxy) is 3. The standard InChI is InChI=1S/C25H22N2O5/c1-16-5-3-4-6-18(16)15-31-20-11-12-21(22(28)13-20)24-23(14-26-27-24)32-19-9-7-17(8-10-19)25(29)30-2/h3-14,28H,15H2,1-2H3,(H,26,27). The van der Waals surface area contributed by atoms with E-state index in [4.69, 9.17) is 14.2 Å². The first kappa shape index (κ1) is 21.0. The summed E-state index contributed by atoms with van der Waals surface area (Å²) in [6, 6.07) is 19.6. The lowest BCUT2D eigenvalue weighted by Gasteiger charge is -2.11. The number of H-pyrrole nitrogens is 1. The van der Waals surface area contributed by atoms with E-state index in [1.54, 1.807) is 42.5 Å². The molecular formula is C25H22N2O5. The zero-order chi connectivity index (χ0) is 22.5. The molecule has 4 rings (SSSR count). The zero-order valence-electron chi connectivity index (χ0n) is 17.7. The Balaban J connectivity index is 1.49. The number of esters is 1. The highest BCUT2D eigenvalue weighted by Gasteiger charge is 2.15. The number of aromatic hydroxyl groups is 1. The lowest BCUT2D eigenvalue weighted by Crippen LogP contribution is -2.00. The molecule has 4 aromatic rings. The van der Waals surface area contributed by atoms with Gasteiger partial charge in [0, 0.05) is 11.6 Å². The predicted octanol–water partition coefficient (Wildman–Crippen LogP) is 5.25. The maximum absolute atomic E-state index is 11.6. The van der Waals surface area contributed by atoms with Crippen LogP contribution < -0.4 is 9.47 Å². The molecule has 0 fully saturated rings. The number of carbonyl (C=O) groups is 1. The van der Waals surface area contributed by atoms with Gasteiger partial charge in [-0.15, -0.1) is 0 Å². The highest BCUT2D eigenvalue weighted by molar-refractivity contribution is 5.89. The SMILES string of the molecule is COC(=O)c1ccc(Oc2cn[nH]c2-c2ccc(OCc3ccccc3C)cc2O)cc1. The summed E-state index contributed by atoms with van der Waals surface area (Å²) in [4.78, 5) is 11.6. The van der Waals surface area contributed by atoms with E-state index in [0.29, 0.717) is 40.7 Å². The summed E-state index contributed by atoms with van der Waals surface area (Å²) in [6.07, 6.45) is 1.52. The van der Waals surface area contributed by atoms with Crippen LogP contribution in [-0.4, -0.2) is 28.4 Å². The molecule has 3 aromatic carbocycles. The number of aromatic amines is 1. The van der Waals surface area contributed by atoms with E-state index in [-0.39, 0.29) is 5.75 Å².